The van der Waals surface area contributed by atoms with Gasteiger partial charge in [-0.1, -0.05) is 11.6 Å². The number of piperidine rings is 1. The monoisotopic (exact) mass is 669 g/mol. The molecule has 3 aromatic heterocycles. The van der Waals surface area contributed by atoms with Crippen molar-refractivity contribution in [2.24, 2.45) is 11.7 Å². The van der Waals surface area contributed by atoms with E-state index in [2.05, 4.69) is 20.6 Å². The maximum absolute atomic E-state index is 11.3. The number of likely N-dealkylation sites (tertiary alicyclic amines) is 1. The summed E-state index contributed by atoms with van der Waals surface area (Å²) in [5, 5.41) is 33.2. The zero-order valence-corrected chi connectivity index (χ0v) is 28.3. The molecule has 252 valence electrons. The normalized spacial score (nSPS) is 35.9. The van der Waals surface area contributed by atoms with Gasteiger partial charge in [-0.2, -0.15) is 5.26 Å². The summed E-state index contributed by atoms with van der Waals surface area (Å²) in [5.41, 5.74) is 8.57. The van der Waals surface area contributed by atoms with E-state index in [4.69, 9.17) is 35.2 Å². The van der Waals surface area contributed by atoms with E-state index in [0.29, 0.717) is 48.0 Å². The fourth-order valence-corrected chi connectivity index (χ4v) is 11.9. The molecule has 4 fully saturated rings. The lowest BCUT2D eigenvalue weighted by Gasteiger charge is -2.46. The summed E-state index contributed by atoms with van der Waals surface area (Å²) in [6, 6.07) is 3.20. The molecule has 2 saturated heterocycles. The highest BCUT2D eigenvalue weighted by Gasteiger charge is 2.56. The molecule has 3 aliphatic carbocycles. The Morgan fingerprint density at radius 3 is 2.73 bits per heavy atom. The Morgan fingerprint density at radius 2 is 1.90 bits per heavy atom. The molecule has 12 nitrogen and oxygen atoms in total. The molecule has 7 atom stereocenters. The fourth-order valence-electron chi connectivity index (χ4n) is 10.5. The van der Waals surface area contributed by atoms with Crippen LogP contribution in [0.15, 0.2) is 15.1 Å². The number of hydrogen-bond donors (Lipinski definition) is 2. The second kappa shape index (κ2) is 10.6. The number of hydrogen-bond acceptors (Lipinski definition) is 12. The van der Waals surface area contributed by atoms with Crippen molar-refractivity contribution >= 4 is 28.6 Å². The van der Waals surface area contributed by atoms with Gasteiger partial charge < -0.3 is 25.0 Å². The summed E-state index contributed by atoms with van der Waals surface area (Å²) >= 11 is 1.67. The van der Waals surface area contributed by atoms with Gasteiger partial charge in [0, 0.05) is 34.7 Å². The van der Waals surface area contributed by atoms with Gasteiger partial charge in [-0.05, 0) is 90.6 Å². The first-order valence-electron chi connectivity index (χ1n) is 18.1. The van der Waals surface area contributed by atoms with Gasteiger partial charge in [0.1, 0.15) is 23.6 Å². The highest BCUT2D eigenvalue weighted by Crippen LogP contribution is 2.60. The summed E-state index contributed by atoms with van der Waals surface area (Å²) < 4.78 is 15.0. The van der Waals surface area contributed by atoms with Crippen LogP contribution in [0.3, 0.4) is 0 Å². The average Bonchev–Trinajstić information content (AvgIpc) is 3.82. The fraction of sp³-hybridized carbons (Fsp3) is 0.686. The highest BCUT2D eigenvalue weighted by molar-refractivity contribution is 8.03. The van der Waals surface area contributed by atoms with Crippen LogP contribution in [0.5, 0.6) is 5.88 Å². The van der Waals surface area contributed by atoms with Crippen LogP contribution >= 0.6 is 11.8 Å². The molecule has 0 radical (unpaired) electrons. The Labute approximate surface area is 284 Å². The molecule has 7 heterocycles. The van der Waals surface area contributed by atoms with E-state index >= 15 is 0 Å². The standard InChI is InChI=1S/C35H43N9O3S/c1-34(45)13-10-19-17-46-33-25-31(43(19)18-34)38-30(39-32(25)44(40-33)23-8-2-7-22(23)42-14-5-15-42)27-20-6-3-11-35(28(20)47-41-27)12-4-9-24-26(35)21(16-36)29(37)48-24/h19,22-24,26,45H,2-15,17-18,37H2,1H3/t19-,22-,23-,24?,26?,34-,35+/m1/s1. The number of aromatic nitrogens is 5. The van der Waals surface area contributed by atoms with Gasteiger partial charge in [-0.25, -0.2) is 14.6 Å². The van der Waals surface area contributed by atoms with E-state index in [0.717, 1.165) is 111 Å². The van der Waals surface area contributed by atoms with Crippen LogP contribution in [0.1, 0.15) is 94.9 Å². The van der Waals surface area contributed by atoms with E-state index in [-0.39, 0.29) is 28.7 Å². The van der Waals surface area contributed by atoms with E-state index in [9.17, 15) is 10.4 Å². The van der Waals surface area contributed by atoms with Crippen molar-refractivity contribution in [1.29, 1.82) is 5.26 Å². The predicted molar refractivity (Wildman–Crippen MR) is 180 cm³/mol. The minimum atomic E-state index is -0.841. The molecule has 1 spiro atoms. The van der Waals surface area contributed by atoms with Crippen LogP contribution < -0.4 is 15.4 Å². The zero-order valence-electron chi connectivity index (χ0n) is 27.5. The van der Waals surface area contributed by atoms with Crippen molar-refractivity contribution in [3.05, 3.63) is 21.9 Å². The molecule has 2 saturated carbocycles. The van der Waals surface area contributed by atoms with Gasteiger partial charge in [0.05, 0.1) is 34.4 Å². The molecule has 3 aromatic rings. The summed E-state index contributed by atoms with van der Waals surface area (Å²) in [6.45, 7) is 5.15. The maximum atomic E-state index is 11.3. The SMILES string of the molecule is C[C@@]1(O)CC[C@@H]2COc3nn([C@@H]4CCC[C@H]4N4CCC4)c4nc(-c5noc6c5CCC[C@@]65CCCC6SC(N)=C(C#N)C65)nc(c34)N2C1. The molecular weight excluding hydrogens is 627 g/mol. The number of allylic oxidation sites excluding steroid dienone is 1. The number of nitrogens with two attached hydrogens (primary N) is 1. The molecule has 10 rings (SSSR count). The van der Waals surface area contributed by atoms with Gasteiger partial charge in [-0.15, -0.1) is 16.9 Å². The largest absolute Gasteiger partial charge is 0.474 e. The molecule has 4 aliphatic heterocycles. The van der Waals surface area contributed by atoms with E-state index < -0.39 is 5.60 Å². The summed E-state index contributed by atoms with van der Waals surface area (Å²) in [6.07, 6.45) is 12.0. The summed E-state index contributed by atoms with van der Waals surface area (Å²) in [7, 11) is 0. The van der Waals surface area contributed by atoms with Crippen molar-refractivity contribution in [3.63, 3.8) is 0 Å². The van der Waals surface area contributed by atoms with Gasteiger partial charge in [0.25, 0.3) is 0 Å². The van der Waals surface area contributed by atoms with E-state index in [1.807, 2.05) is 6.92 Å². The topological polar surface area (TPSA) is 155 Å². The van der Waals surface area contributed by atoms with Crippen LogP contribution in [-0.2, 0) is 11.8 Å². The number of nitriles is 1. The Hall–Kier alpha value is -3.34. The van der Waals surface area contributed by atoms with Gasteiger partial charge >= 0.3 is 0 Å². The molecule has 3 N–H and O–H groups in total. The molecule has 0 amide bonds. The lowest BCUT2D eigenvalue weighted by molar-refractivity contribution is 0.0321. The second-order valence-electron chi connectivity index (χ2n) is 15.7. The number of fused-ring (bicyclic) bond motifs is 6. The third kappa shape index (κ3) is 4.14. The molecule has 0 aromatic carbocycles. The number of aliphatic hydroxyl groups is 1. The number of nitrogens with zero attached hydrogens (tertiary/aromatic N) is 8. The maximum Gasteiger partial charge on any atom is 0.246 e. The number of ether oxygens (including phenoxy) is 1. The molecule has 2 unspecified atom stereocenters. The molecule has 48 heavy (non-hydrogen) atoms. The summed E-state index contributed by atoms with van der Waals surface area (Å²) in [4.78, 5) is 15.5. The average molecular weight is 670 g/mol. The van der Waals surface area contributed by atoms with Crippen molar-refractivity contribution in [3.8, 4) is 23.5 Å². The Bertz CT molecular complexity index is 1890. The first-order valence-corrected chi connectivity index (χ1v) is 19.0. The minimum Gasteiger partial charge on any atom is -0.474 e. The van der Waals surface area contributed by atoms with Gasteiger partial charge in [0.15, 0.2) is 17.2 Å². The van der Waals surface area contributed by atoms with Crippen LogP contribution in [0.4, 0.5) is 5.82 Å². The predicted octanol–water partition coefficient (Wildman–Crippen LogP) is 4.58. The highest BCUT2D eigenvalue weighted by atomic mass is 32.2. The lowest BCUT2D eigenvalue weighted by Crippen LogP contribution is -2.53. The van der Waals surface area contributed by atoms with Crippen LogP contribution in [0.25, 0.3) is 22.6 Å². The number of thioether (sulfide) groups is 1. The van der Waals surface area contributed by atoms with Crippen LogP contribution in [0, 0.1) is 17.2 Å². The van der Waals surface area contributed by atoms with Crippen LogP contribution in [-0.4, -0.2) is 84.1 Å². The van der Waals surface area contributed by atoms with Crippen molar-refractivity contribution in [1.82, 2.24) is 29.8 Å². The Morgan fingerprint density at radius 1 is 1.04 bits per heavy atom. The molecule has 13 heteroatoms. The van der Waals surface area contributed by atoms with Gasteiger partial charge in [0.2, 0.25) is 5.88 Å². The smallest absolute Gasteiger partial charge is 0.246 e. The Balaban J connectivity index is 1.15. The number of anilines is 1. The van der Waals surface area contributed by atoms with Crippen LogP contribution in [0.2, 0.25) is 0 Å². The Kier molecular flexibility index (Phi) is 6.52. The van der Waals surface area contributed by atoms with Crippen molar-refractivity contribution in [2.45, 2.75) is 118 Å². The quantitative estimate of drug-likeness (QED) is 0.401. The number of rotatable bonds is 3. The first-order chi connectivity index (χ1) is 23.3. The summed E-state index contributed by atoms with van der Waals surface area (Å²) in [5.74, 6) is 2.84. The minimum absolute atomic E-state index is 0.0347. The lowest BCUT2D eigenvalue weighted by atomic mass is 9.57. The van der Waals surface area contributed by atoms with E-state index in [1.165, 1.54) is 6.42 Å². The first kappa shape index (κ1) is 29.6. The third-order valence-corrected chi connectivity index (χ3v) is 14.1. The van der Waals surface area contributed by atoms with Crippen molar-refractivity contribution < 1.29 is 14.4 Å². The molecule has 7 aliphatic rings. The molecule has 0 bridgehead atoms. The van der Waals surface area contributed by atoms with Crippen molar-refractivity contribution in [2.75, 3.05) is 31.1 Å². The van der Waals surface area contributed by atoms with Gasteiger partial charge in [-0.3, -0.25) is 4.90 Å². The molecular formula is C35H43N9O3S. The third-order valence-electron chi connectivity index (χ3n) is 12.8. The second-order valence-corrected chi connectivity index (χ2v) is 16.9. The van der Waals surface area contributed by atoms with E-state index in [1.54, 1.807) is 11.8 Å². The zero-order chi connectivity index (χ0) is 32.4.